The van der Waals surface area contributed by atoms with Crippen molar-refractivity contribution in [3.8, 4) is 39.6 Å². The molecular weight excluding hydrogens is 635 g/mol. The summed E-state index contributed by atoms with van der Waals surface area (Å²) in [7, 11) is 0. The Morgan fingerprint density at radius 3 is 2.06 bits per heavy atom. The maximum atomic E-state index is 6.38. The van der Waals surface area contributed by atoms with E-state index in [1.807, 2.05) is 12.1 Å². The van der Waals surface area contributed by atoms with Gasteiger partial charge in [-0.1, -0.05) is 0 Å². The van der Waals surface area contributed by atoms with Crippen LogP contribution in [-0.2, 0) is 0 Å². The topological polar surface area (TPSA) is 43.9 Å². The number of nitrogens with zero attached hydrogens (tertiary/aromatic N) is 3. The van der Waals surface area contributed by atoms with Crippen LogP contribution in [0.5, 0.6) is 0 Å². The van der Waals surface area contributed by atoms with Crippen molar-refractivity contribution in [2.24, 2.45) is 0 Å². The molecule has 47 heavy (non-hydrogen) atoms. The van der Waals surface area contributed by atoms with E-state index in [0.717, 1.165) is 56.0 Å². The van der Waals surface area contributed by atoms with E-state index in [9.17, 15) is 0 Å². The molecule has 3 aromatic heterocycles. The molecule has 222 valence electrons. The van der Waals surface area contributed by atoms with E-state index in [0.29, 0.717) is 0 Å². The summed E-state index contributed by atoms with van der Waals surface area (Å²) in [4.78, 5) is 10.6. The minimum atomic E-state index is -2.92. The van der Waals surface area contributed by atoms with Gasteiger partial charge in [-0.3, -0.25) is 0 Å². The SMILES string of the molecule is [CH3][Ge]1([CH3])[c]2cc(-n3c4ccccc4c4ccc5oc6ccccc6c5c43)ccc2-c2nc(-c3ccccc3)nc(-c3ccccc3)[c]21. The number of benzene rings is 6. The van der Waals surface area contributed by atoms with Crippen LogP contribution in [0.15, 0.2) is 144 Å². The average molecular weight is 664 g/mol. The van der Waals surface area contributed by atoms with Crippen LogP contribution in [0.4, 0.5) is 0 Å². The molecule has 0 aliphatic carbocycles. The summed E-state index contributed by atoms with van der Waals surface area (Å²) in [6, 6.07) is 49.5. The van der Waals surface area contributed by atoms with Gasteiger partial charge in [-0.15, -0.1) is 0 Å². The third kappa shape index (κ3) is 3.76. The Bertz CT molecular complexity index is 2710. The van der Waals surface area contributed by atoms with E-state index in [2.05, 4.69) is 143 Å². The van der Waals surface area contributed by atoms with Crippen LogP contribution < -0.4 is 8.79 Å². The van der Waals surface area contributed by atoms with Crippen molar-refractivity contribution in [1.82, 2.24) is 14.5 Å². The zero-order valence-electron chi connectivity index (χ0n) is 26.0. The summed E-state index contributed by atoms with van der Waals surface area (Å²) in [5.74, 6) is 5.77. The van der Waals surface area contributed by atoms with E-state index >= 15 is 0 Å². The Kier molecular flexibility index (Phi) is 5.56. The first-order valence-corrected chi connectivity index (χ1v) is 22.4. The van der Waals surface area contributed by atoms with Gasteiger partial charge < -0.3 is 0 Å². The second kappa shape index (κ2) is 9.77. The van der Waals surface area contributed by atoms with Crippen molar-refractivity contribution in [3.63, 3.8) is 0 Å². The fourth-order valence-corrected chi connectivity index (χ4v) is 14.6. The molecule has 4 heterocycles. The molecule has 1 aliphatic heterocycles. The quantitative estimate of drug-likeness (QED) is 0.177. The second-order valence-corrected chi connectivity index (χ2v) is 22.0. The molecule has 0 bridgehead atoms. The van der Waals surface area contributed by atoms with Gasteiger partial charge in [0.15, 0.2) is 0 Å². The van der Waals surface area contributed by atoms with Crippen molar-refractivity contribution < 1.29 is 4.42 Å². The average Bonchev–Trinajstić information content (AvgIpc) is 3.74. The van der Waals surface area contributed by atoms with Crippen molar-refractivity contribution in [2.75, 3.05) is 0 Å². The molecule has 4 nitrogen and oxygen atoms in total. The number of hydrogen-bond acceptors (Lipinski definition) is 3. The molecule has 1 aliphatic rings. The summed E-state index contributed by atoms with van der Waals surface area (Å²) in [5.41, 5.74) is 10.9. The molecule has 10 rings (SSSR count). The van der Waals surface area contributed by atoms with Gasteiger partial charge in [0, 0.05) is 0 Å². The molecule has 0 radical (unpaired) electrons. The van der Waals surface area contributed by atoms with Crippen LogP contribution in [0.1, 0.15) is 0 Å². The van der Waals surface area contributed by atoms with Crippen LogP contribution in [0, 0.1) is 0 Å². The third-order valence-electron chi connectivity index (χ3n) is 9.98. The predicted molar refractivity (Wildman–Crippen MR) is 197 cm³/mol. The van der Waals surface area contributed by atoms with Gasteiger partial charge in [0.25, 0.3) is 0 Å². The number of para-hydroxylation sites is 2. The van der Waals surface area contributed by atoms with Gasteiger partial charge in [0.2, 0.25) is 0 Å². The Morgan fingerprint density at radius 2 is 1.26 bits per heavy atom. The third-order valence-corrected chi connectivity index (χ3v) is 17.3. The summed E-state index contributed by atoms with van der Waals surface area (Å²) >= 11 is -2.92. The molecule has 0 N–H and O–H groups in total. The first kappa shape index (κ1) is 26.7. The first-order chi connectivity index (χ1) is 23.1. The van der Waals surface area contributed by atoms with Gasteiger partial charge in [-0.2, -0.15) is 0 Å². The van der Waals surface area contributed by atoms with E-state index in [1.54, 1.807) is 0 Å². The van der Waals surface area contributed by atoms with E-state index in [4.69, 9.17) is 14.4 Å². The number of aromatic nitrogens is 3. The second-order valence-electron chi connectivity index (χ2n) is 13.0. The van der Waals surface area contributed by atoms with E-state index in [1.165, 1.54) is 36.2 Å². The van der Waals surface area contributed by atoms with Crippen molar-refractivity contribution in [3.05, 3.63) is 140 Å². The molecule has 5 heteroatoms. The molecular formula is C42H29GeN3O. The molecule has 6 aromatic carbocycles. The molecule has 9 aromatic rings. The van der Waals surface area contributed by atoms with Crippen LogP contribution >= 0.6 is 0 Å². The molecule has 0 saturated heterocycles. The van der Waals surface area contributed by atoms with Crippen LogP contribution in [0.25, 0.3) is 83.3 Å². The summed E-state index contributed by atoms with van der Waals surface area (Å²) in [6.07, 6.45) is 0. The van der Waals surface area contributed by atoms with Crippen molar-refractivity contribution in [2.45, 2.75) is 11.5 Å². The molecule has 0 atom stereocenters. The van der Waals surface area contributed by atoms with Gasteiger partial charge >= 0.3 is 275 Å². The number of furan rings is 1. The standard InChI is InChI=1S/C42H29GeN3O/c1-43(2)33-25-28(46-34-19-11-9-17-29(34)30-23-24-36-37(41(30)46)32-18-10-12-20-35(32)47-36)21-22-31(33)40-38(43)39(26-13-5-3-6-14-26)44-42(45-40)27-15-7-4-8-16-27/h3-25H,1-2H3. The number of fused-ring (bicyclic) bond motifs is 10. The molecule has 0 amide bonds. The van der Waals surface area contributed by atoms with Crippen LogP contribution in [-0.4, -0.2) is 27.8 Å². The summed E-state index contributed by atoms with van der Waals surface area (Å²) in [5, 5.41) is 4.77. The Morgan fingerprint density at radius 1 is 0.574 bits per heavy atom. The van der Waals surface area contributed by atoms with Gasteiger partial charge in [-0.05, 0) is 0 Å². The fraction of sp³-hybridized carbons (Fsp3) is 0.0476. The monoisotopic (exact) mass is 665 g/mol. The van der Waals surface area contributed by atoms with E-state index in [-0.39, 0.29) is 0 Å². The van der Waals surface area contributed by atoms with Gasteiger partial charge in [0.05, 0.1) is 0 Å². The van der Waals surface area contributed by atoms with Crippen LogP contribution in [0.2, 0.25) is 11.5 Å². The zero-order chi connectivity index (χ0) is 31.3. The van der Waals surface area contributed by atoms with Gasteiger partial charge in [-0.25, -0.2) is 0 Å². The van der Waals surface area contributed by atoms with Gasteiger partial charge in [0.1, 0.15) is 0 Å². The summed E-state index contributed by atoms with van der Waals surface area (Å²) < 4.78 is 11.6. The fourth-order valence-electron chi connectivity index (χ4n) is 7.83. The Hall–Kier alpha value is -5.46. The zero-order valence-corrected chi connectivity index (χ0v) is 28.1. The molecule has 0 saturated carbocycles. The predicted octanol–water partition coefficient (Wildman–Crippen LogP) is 9.61. The first-order valence-electron chi connectivity index (χ1n) is 16.1. The molecule has 0 spiro atoms. The van der Waals surface area contributed by atoms with Crippen molar-refractivity contribution >= 4 is 65.8 Å². The number of rotatable bonds is 3. The Balaban J connectivity index is 1.27. The normalized spacial score (nSPS) is 13.5. The van der Waals surface area contributed by atoms with Crippen LogP contribution in [0.3, 0.4) is 0 Å². The molecule has 0 fully saturated rings. The molecule has 0 unspecified atom stereocenters. The van der Waals surface area contributed by atoms with Crippen molar-refractivity contribution in [1.29, 1.82) is 0 Å². The maximum absolute atomic E-state index is 6.38. The van der Waals surface area contributed by atoms with E-state index < -0.39 is 13.3 Å². The summed E-state index contributed by atoms with van der Waals surface area (Å²) in [6.45, 7) is 0. The number of hydrogen-bond donors (Lipinski definition) is 0. The minimum absolute atomic E-state index is 0.773. The Labute approximate surface area is 274 Å².